The van der Waals surface area contributed by atoms with Crippen LogP contribution in [0, 0.1) is 6.92 Å². The molecule has 2 aliphatic rings. The molecule has 0 aromatic heterocycles. The molecule has 2 fully saturated rings. The number of nitrogens with zero attached hydrogens (tertiary/aromatic N) is 3. The number of rotatable bonds is 2. The second-order valence-corrected chi connectivity index (χ2v) is 6.16. The second kappa shape index (κ2) is 5.96. The van der Waals surface area contributed by atoms with Crippen molar-refractivity contribution in [3.05, 3.63) is 23.8 Å². The molecule has 2 saturated heterocycles. The van der Waals surface area contributed by atoms with Crippen LogP contribution in [0.15, 0.2) is 18.2 Å². The fraction of sp³-hybridized carbons (Fsp3) is 0.588. The Morgan fingerprint density at radius 1 is 0.952 bits per heavy atom. The Bertz CT molecular complexity index is 515. The maximum Gasteiger partial charge on any atom is 0.219 e. The summed E-state index contributed by atoms with van der Waals surface area (Å²) >= 11 is 0. The van der Waals surface area contributed by atoms with Crippen LogP contribution >= 0.6 is 0 Å². The summed E-state index contributed by atoms with van der Waals surface area (Å²) in [4.78, 5) is 18.2. The molecule has 0 bridgehead atoms. The topological polar surface area (TPSA) is 26.8 Å². The monoisotopic (exact) mass is 287 g/mol. The lowest BCUT2D eigenvalue weighted by Gasteiger charge is -2.36. The average molecular weight is 287 g/mol. The molecule has 1 amide bonds. The van der Waals surface area contributed by atoms with E-state index in [4.69, 9.17) is 0 Å². The van der Waals surface area contributed by atoms with Crippen LogP contribution in [0.1, 0.15) is 25.3 Å². The molecule has 0 unspecified atom stereocenters. The van der Waals surface area contributed by atoms with Gasteiger partial charge in [-0.25, -0.2) is 0 Å². The van der Waals surface area contributed by atoms with E-state index in [-0.39, 0.29) is 5.91 Å². The molecule has 1 aromatic carbocycles. The van der Waals surface area contributed by atoms with Crippen LogP contribution < -0.4 is 9.80 Å². The van der Waals surface area contributed by atoms with Crippen molar-refractivity contribution < 1.29 is 4.79 Å². The van der Waals surface area contributed by atoms with Gasteiger partial charge >= 0.3 is 0 Å². The van der Waals surface area contributed by atoms with Crippen LogP contribution in [0.3, 0.4) is 0 Å². The Morgan fingerprint density at radius 2 is 1.62 bits per heavy atom. The third-order valence-corrected chi connectivity index (χ3v) is 4.72. The van der Waals surface area contributed by atoms with Crippen molar-refractivity contribution in [2.24, 2.45) is 0 Å². The van der Waals surface area contributed by atoms with E-state index in [1.54, 1.807) is 6.92 Å². The SMILES string of the molecule is CC(=O)N1CCN(c2ccc(N3CCCC3)cc2C)CC1. The molecule has 1 aromatic rings. The normalized spacial score (nSPS) is 19.2. The van der Waals surface area contributed by atoms with E-state index < -0.39 is 0 Å². The molecule has 3 rings (SSSR count). The van der Waals surface area contributed by atoms with Crippen molar-refractivity contribution in [3.63, 3.8) is 0 Å². The van der Waals surface area contributed by atoms with Crippen LogP contribution in [0.2, 0.25) is 0 Å². The minimum Gasteiger partial charge on any atom is -0.372 e. The zero-order valence-corrected chi connectivity index (χ0v) is 13.1. The van der Waals surface area contributed by atoms with Gasteiger partial charge in [0.2, 0.25) is 5.91 Å². The number of piperazine rings is 1. The largest absolute Gasteiger partial charge is 0.372 e. The Morgan fingerprint density at radius 3 is 2.19 bits per heavy atom. The minimum atomic E-state index is 0.191. The first-order valence-electron chi connectivity index (χ1n) is 8.01. The van der Waals surface area contributed by atoms with Gasteiger partial charge in [-0.15, -0.1) is 0 Å². The van der Waals surface area contributed by atoms with Gasteiger partial charge in [-0.05, 0) is 43.5 Å². The van der Waals surface area contributed by atoms with Crippen molar-refractivity contribution in [2.75, 3.05) is 49.1 Å². The van der Waals surface area contributed by atoms with E-state index in [0.29, 0.717) is 0 Å². The summed E-state index contributed by atoms with van der Waals surface area (Å²) in [6.45, 7) is 9.78. The number of aryl methyl sites for hydroxylation is 1. The van der Waals surface area contributed by atoms with Gasteiger partial charge < -0.3 is 14.7 Å². The molecular formula is C17H25N3O. The highest BCUT2D eigenvalue weighted by atomic mass is 16.2. The Labute approximate surface area is 127 Å². The first kappa shape index (κ1) is 14.2. The number of anilines is 2. The summed E-state index contributed by atoms with van der Waals surface area (Å²) in [5.41, 5.74) is 4.02. The van der Waals surface area contributed by atoms with Crippen LogP contribution in [-0.4, -0.2) is 50.1 Å². The molecule has 0 radical (unpaired) electrons. The molecular weight excluding hydrogens is 262 g/mol. The first-order valence-corrected chi connectivity index (χ1v) is 8.01. The Kier molecular flexibility index (Phi) is 4.04. The van der Waals surface area contributed by atoms with Gasteiger partial charge in [0.1, 0.15) is 0 Å². The highest BCUT2D eigenvalue weighted by molar-refractivity contribution is 5.73. The zero-order chi connectivity index (χ0) is 14.8. The first-order chi connectivity index (χ1) is 10.1. The van der Waals surface area contributed by atoms with Gasteiger partial charge in [0.25, 0.3) is 0 Å². The third kappa shape index (κ3) is 2.99. The van der Waals surface area contributed by atoms with Gasteiger partial charge in [-0.1, -0.05) is 0 Å². The number of hydrogen-bond donors (Lipinski definition) is 0. The van der Waals surface area contributed by atoms with Crippen molar-refractivity contribution in [3.8, 4) is 0 Å². The number of amides is 1. The Balaban J connectivity index is 1.70. The van der Waals surface area contributed by atoms with E-state index in [9.17, 15) is 4.79 Å². The van der Waals surface area contributed by atoms with Crippen molar-refractivity contribution in [1.82, 2.24) is 4.90 Å². The lowest BCUT2D eigenvalue weighted by Crippen LogP contribution is -2.48. The van der Waals surface area contributed by atoms with E-state index in [1.165, 1.54) is 42.9 Å². The van der Waals surface area contributed by atoms with E-state index in [2.05, 4.69) is 34.9 Å². The smallest absolute Gasteiger partial charge is 0.219 e. The number of benzene rings is 1. The van der Waals surface area contributed by atoms with Crippen molar-refractivity contribution >= 4 is 17.3 Å². The zero-order valence-electron chi connectivity index (χ0n) is 13.1. The standard InChI is InChI=1S/C17H25N3O/c1-14-13-16(19-7-3-4-8-19)5-6-17(14)20-11-9-18(10-12-20)15(2)21/h5-6,13H,3-4,7-12H2,1-2H3. The molecule has 2 heterocycles. The lowest BCUT2D eigenvalue weighted by atomic mass is 10.1. The fourth-order valence-electron chi connectivity index (χ4n) is 3.43. The highest BCUT2D eigenvalue weighted by Crippen LogP contribution is 2.28. The van der Waals surface area contributed by atoms with Gasteiger partial charge in [0.15, 0.2) is 0 Å². The second-order valence-electron chi connectivity index (χ2n) is 6.16. The van der Waals surface area contributed by atoms with Gasteiger partial charge in [-0.3, -0.25) is 4.79 Å². The summed E-state index contributed by atoms with van der Waals surface area (Å²) in [7, 11) is 0. The minimum absolute atomic E-state index is 0.191. The maximum absolute atomic E-state index is 11.4. The fourth-order valence-corrected chi connectivity index (χ4v) is 3.43. The molecule has 4 heteroatoms. The molecule has 21 heavy (non-hydrogen) atoms. The van der Waals surface area contributed by atoms with Crippen LogP contribution in [0.4, 0.5) is 11.4 Å². The molecule has 0 N–H and O–H groups in total. The van der Waals surface area contributed by atoms with E-state index >= 15 is 0 Å². The lowest BCUT2D eigenvalue weighted by molar-refractivity contribution is -0.129. The molecule has 0 saturated carbocycles. The predicted molar refractivity (Wildman–Crippen MR) is 87.1 cm³/mol. The van der Waals surface area contributed by atoms with E-state index in [0.717, 1.165) is 26.2 Å². The summed E-state index contributed by atoms with van der Waals surface area (Å²) < 4.78 is 0. The molecule has 0 spiro atoms. The predicted octanol–water partition coefficient (Wildman–Crippen LogP) is 2.26. The van der Waals surface area contributed by atoms with E-state index in [1.807, 2.05) is 4.90 Å². The van der Waals surface area contributed by atoms with Crippen LogP contribution in [0.25, 0.3) is 0 Å². The third-order valence-electron chi connectivity index (χ3n) is 4.72. The number of carbonyl (C=O) groups is 1. The van der Waals surface area contributed by atoms with Crippen LogP contribution in [-0.2, 0) is 4.79 Å². The van der Waals surface area contributed by atoms with Gasteiger partial charge in [0.05, 0.1) is 0 Å². The number of hydrogen-bond acceptors (Lipinski definition) is 3. The van der Waals surface area contributed by atoms with Crippen LogP contribution in [0.5, 0.6) is 0 Å². The molecule has 0 atom stereocenters. The van der Waals surface area contributed by atoms with Gasteiger partial charge in [-0.2, -0.15) is 0 Å². The molecule has 114 valence electrons. The number of carbonyl (C=O) groups excluding carboxylic acids is 1. The van der Waals surface area contributed by atoms with Crippen molar-refractivity contribution in [2.45, 2.75) is 26.7 Å². The summed E-state index contributed by atoms with van der Waals surface area (Å²) in [5.74, 6) is 0.191. The quantitative estimate of drug-likeness (QED) is 0.835. The summed E-state index contributed by atoms with van der Waals surface area (Å²) in [6.07, 6.45) is 2.63. The average Bonchev–Trinajstić information content (AvgIpc) is 3.01. The van der Waals surface area contributed by atoms with Gasteiger partial charge in [0, 0.05) is 57.6 Å². The molecule has 2 aliphatic heterocycles. The Hall–Kier alpha value is -1.71. The highest BCUT2D eigenvalue weighted by Gasteiger charge is 2.20. The summed E-state index contributed by atoms with van der Waals surface area (Å²) in [5, 5.41) is 0. The molecule has 4 nitrogen and oxygen atoms in total. The van der Waals surface area contributed by atoms with Crippen molar-refractivity contribution in [1.29, 1.82) is 0 Å². The summed E-state index contributed by atoms with van der Waals surface area (Å²) in [6, 6.07) is 6.83. The molecule has 0 aliphatic carbocycles. The maximum atomic E-state index is 11.4.